The molecule has 218 valence electrons. The van der Waals surface area contributed by atoms with E-state index in [4.69, 9.17) is 9.47 Å². The van der Waals surface area contributed by atoms with Crippen LogP contribution in [-0.4, -0.2) is 41.1 Å². The molecular formula is C33H29N3O7. The molecule has 2 atom stereocenters. The lowest BCUT2D eigenvalue weighted by Gasteiger charge is -2.23. The van der Waals surface area contributed by atoms with Gasteiger partial charge in [-0.05, 0) is 81.4 Å². The summed E-state index contributed by atoms with van der Waals surface area (Å²) in [6.07, 6.45) is -4.18. The Morgan fingerprint density at radius 1 is 0.628 bits per heavy atom. The van der Waals surface area contributed by atoms with E-state index in [9.17, 15) is 24.3 Å². The van der Waals surface area contributed by atoms with Crippen molar-refractivity contribution in [2.24, 2.45) is 10.2 Å². The lowest BCUT2D eigenvalue weighted by atomic mass is 10.1. The van der Waals surface area contributed by atoms with Crippen LogP contribution < -0.4 is 5.32 Å². The number of nitrogens with one attached hydrogen (secondary N) is 1. The molecule has 0 aliphatic carbocycles. The molecule has 1 amide bonds. The quantitative estimate of drug-likeness (QED) is 0.161. The van der Waals surface area contributed by atoms with Gasteiger partial charge in [0.25, 0.3) is 5.91 Å². The average molecular weight is 580 g/mol. The summed E-state index contributed by atoms with van der Waals surface area (Å²) in [5.41, 5.74) is 4.17. The molecule has 0 saturated heterocycles. The first kappa shape index (κ1) is 30.3. The van der Waals surface area contributed by atoms with E-state index in [-0.39, 0.29) is 16.8 Å². The van der Waals surface area contributed by atoms with Gasteiger partial charge in [0.05, 0.1) is 22.5 Å². The first-order chi connectivity index (χ1) is 20.6. The molecule has 0 unspecified atom stereocenters. The van der Waals surface area contributed by atoms with E-state index in [0.29, 0.717) is 11.4 Å². The third-order valence-corrected chi connectivity index (χ3v) is 6.20. The molecule has 0 spiro atoms. The summed E-state index contributed by atoms with van der Waals surface area (Å²) in [5, 5.41) is 20.8. The summed E-state index contributed by atoms with van der Waals surface area (Å²) in [6, 6.07) is 26.4. The van der Waals surface area contributed by atoms with Crippen molar-refractivity contribution in [2.75, 3.05) is 5.32 Å². The van der Waals surface area contributed by atoms with Crippen molar-refractivity contribution in [3.05, 3.63) is 125 Å². The molecule has 10 heteroatoms. The third kappa shape index (κ3) is 8.43. The molecule has 4 rings (SSSR count). The molecule has 0 aliphatic rings. The number of ether oxygens (including phenoxy) is 2. The number of aliphatic carboxylic acids is 1. The average Bonchev–Trinajstić information content (AvgIpc) is 2.99. The SMILES string of the molecule is Cc1ccc(N=Nc2ccc(NC(=O)[C@H](OC(=O)c3cccc(C)c3)[C@@H](OC(=O)c3cccc(C)c3)C(=O)O)cc2)cc1. The van der Waals surface area contributed by atoms with Crippen LogP contribution in [0.3, 0.4) is 0 Å². The number of aryl methyl sites for hydroxylation is 3. The fourth-order valence-corrected chi connectivity index (χ4v) is 3.96. The number of hydrogen-bond donors (Lipinski definition) is 2. The second kappa shape index (κ2) is 13.8. The molecule has 0 radical (unpaired) electrons. The minimum absolute atomic E-state index is 0.0748. The number of carboxylic acids is 1. The second-order valence-electron chi connectivity index (χ2n) is 9.80. The summed E-state index contributed by atoms with van der Waals surface area (Å²) in [7, 11) is 0. The van der Waals surface area contributed by atoms with Crippen LogP contribution in [0.5, 0.6) is 0 Å². The van der Waals surface area contributed by atoms with Crippen LogP contribution in [0.15, 0.2) is 107 Å². The topological polar surface area (TPSA) is 144 Å². The minimum Gasteiger partial charge on any atom is -0.478 e. The third-order valence-electron chi connectivity index (χ3n) is 6.20. The molecule has 0 aromatic heterocycles. The predicted octanol–water partition coefficient (Wildman–Crippen LogP) is 6.50. The maximum absolute atomic E-state index is 13.4. The number of benzene rings is 4. The zero-order valence-corrected chi connectivity index (χ0v) is 23.7. The van der Waals surface area contributed by atoms with E-state index in [1.54, 1.807) is 50.2 Å². The number of carboxylic acid groups (broad SMARTS) is 1. The molecule has 2 N–H and O–H groups in total. The Bertz CT molecular complexity index is 1660. The van der Waals surface area contributed by atoms with E-state index in [0.717, 1.165) is 16.7 Å². The first-order valence-corrected chi connectivity index (χ1v) is 13.3. The monoisotopic (exact) mass is 579 g/mol. The van der Waals surface area contributed by atoms with E-state index in [1.165, 1.54) is 36.4 Å². The van der Waals surface area contributed by atoms with Crippen LogP contribution in [0.2, 0.25) is 0 Å². The molecule has 0 bridgehead atoms. The van der Waals surface area contributed by atoms with Crippen molar-refractivity contribution in [2.45, 2.75) is 33.0 Å². The van der Waals surface area contributed by atoms with Crippen molar-refractivity contribution in [1.29, 1.82) is 0 Å². The maximum atomic E-state index is 13.4. The number of hydrogen-bond acceptors (Lipinski definition) is 8. The Hall–Kier alpha value is -5.64. The van der Waals surface area contributed by atoms with Crippen LogP contribution in [0.25, 0.3) is 0 Å². The van der Waals surface area contributed by atoms with Crippen molar-refractivity contribution in [3.63, 3.8) is 0 Å². The molecule has 0 saturated carbocycles. The normalized spacial score (nSPS) is 12.3. The highest BCUT2D eigenvalue weighted by molar-refractivity contribution is 6.01. The number of azo groups is 1. The second-order valence-corrected chi connectivity index (χ2v) is 9.80. The molecule has 0 aliphatic heterocycles. The predicted molar refractivity (Wildman–Crippen MR) is 159 cm³/mol. The fourth-order valence-electron chi connectivity index (χ4n) is 3.96. The van der Waals surface area contributed by atoms with Crippen molar-refractivity contribution in [3.8, 4) is 0 Å². The van der Waals surface area contributed by atoms with Gasteiger partial charge < -0.3 is 19.9 Å². The van der Waals surface area contributed by atoms with Gasteiger partial charge in [-0.25, -0.2) is 14.4 Å². The number of esters is 2. The number of carbonyl (C=O) groups is 4. The molecule has 43 heavy (non-hydrogen) atoms. The van der Waals surface area contributed by atoms with Crippen LogP contribution in [-0.2, 0) is 19.1 Å². The van der Waals surface area contributed by atoms with Gasteiger partial charge in [-0.1, -0.05) is 53.1 Å². The maximum Gasteiger partial charge on any atom is 0.349 e. The highest BCUT2D eigenvalue weighted by atomic mass is 16.6. The number of carbonyl (C=O) groups excluding carboxylic acids is 3. The molecule has 10 nitrogen and oxygen atoms in total. The first-order valence-electron chi connectivity index (χ1n) is 13.3. The Labute approximate surface area is 248 Å². The van der Waals surface area contributed by atoms with Gasteiger partial charge in [0, 0.05) is 5.69 Å². The molecule has 4 aromatic rings. The van der Waals surface area contributed by atoms with E-state index < -0.39 is 36.0 Å². The van der Waals surface area contributed by atoms with Gasteiger partial charge in [0.15, 0.2) is 0 Å². The van der Waals surface area contributed by atoms with Crippen molar-refractivity contribution < 1.29 is 33.8 Å². The summed E-state index contributed by atoms with van der Waals surface area (Å²) in [6.45, 7) is 5.48. The Morgan fingerprint density at radius 2 is 1.09 bits per heavy atom. The van der Waals surface area contributed by atoms with Crippen LogP contribution in [0.4, 0.5) is 17.1 Å². The molecular weight excluding hydrogens is 550 g/mol. The Balaban J connectivity index is 1.56. The number of anilines is 1. The fraction of sp³-hybridized carbons (Fsp3) is 0.152. The number of rotatable bonds is 10. The van der Waals surface area contributed by atoms with E-state index in [2.05, 4.69) is 15.5 Å². The summed E-state index contributed by atoms with van der Waals surface area (Å²) < 4.78 is 10.6. The van der Waals surface area contributed by atoms with E-state index in [1.807, 2.05) is 31.2 Å². The summed E-state index contributed by atoms with van der Waals surface area (Å²) >= 11 is 0. The van der Waals surface area contributed by atoms with Crippen molar-refractivity contribution in [1.82, 2.24) is 0 Å². The van der Waals surface area contributed by atoms with Gasteiger partial charge in [0.2, 0.25) is 12.2 Å². The highest BCUT2D eigenvalue weighted by Gasteiger charge is 2.41. The van der Waals surface area contributed by atoms with Crippen LogP contribution >= 0.6 is 0 Å². The van der Waals surface area contributed by atoms with Gasteiger partial charge in [-0.15, -0.1) is 0 Å². The number of amides is 1. The Kier molecular flexibility index (Phi) is 9.74. The van der Waals surface area contributed by atoms with E-state index >= 15 is 0 Å². The largest absolute Gasteiger partial charge is 0.478 e. The minimum atomic E-state index is -2.15. The lowest BCUT2D eigenvalue weighted by molar-refractivity contribution is -0.157. The van der Waals surface area contributed by atoms with Crippen molar-refractivity contribution >= 4 is 40.9 Å². The smallest absolute Gasteiger partial charge is 0.349 e. The van der Waals surface area contributed by atoms with Gasteiger partial charge >= 0.3 is 17.9 Å². The standard InChI is InChI=1S/C33H29N3O7/c1-20-10-12-26(13-11-20)35-36-27-16-14-25(15-17-27)34-30(37)28(42-32(40)23-8-4-6-21(2)18-23)29(31(38)39)43-33(41)24-9-5-7-22(3)19-24/h4-19,28-29H,1-3H3,(H,34,37)(H,38,39)/t28-,29-/m1/s1. The number of nitrogens with zero attached hydrogens (tertiary/aromatic N) is 2. The van der Waals surface area contributed by atoms with Gasteiger partial charge in [-0.2, -0.15) is 10.2 Å². The summed E-state index contributed by atoms with van der Waals surface area (Å²) in [4.78, 5) is 51.5. The van der Waals surface area contributed by atoms with Crippen LogP contribution in [0.1, 0.15) is 37.4 Å². The molecule has 4 aromatic carbocycles. The Morgan fingerprint density at radius 3 is 1.56 bits per heavy atom. The van der Waals surface area contributed by atoms with Crippen LogP contribution in [0, 0.1) is 20.8 Å². The lowest BCUT2D eigenvalue weighted by Crippen LogP contribution is -2.48. The highest BCUT2D eigenvalue weighted by Crippen LogP contribution is 2.22. The zero-order chi connectivity index (χ0) is 30.9. The molecule has 0 heterocycles. The zero-order valence-electron chi connectivity index (χ0n) is 23.7. The summed E-state index contributed by atoms with van der Waals surface area (Å²) in [5.74, 6) is -4.65. The van der Waals surface area contributed by atoms with Gasteiger partial charge in [-0.3, -0.25) is 4.79 Å². The van der Waals surface area contributed by atoms with Gasteiger partial charge in [0.1, 0.15) is 0 Å². The molecule has 0 fully saturated rings.